The fourth-order valence-electron chi connectivity index (χ4n) is 2.04. The summed E-state index contributed by atoms with van der Waals surface area (Å²) in [5.74, 6) is -1.55. The van der Waals surface area contributed by atoms with Crippen LogP contribution in [0.5, 0.6) is 0 Å². The van der Waals surface area contributed by atoms with Gasteiger partial charge in [0.15, 0.2) is 23.3 Å². The average Bonchev–Trinajstić information content (AvgIpc) is 2.22. The zero-order valence-electron chi connectivity index (χ0n) is 9.78. The quantitative estimate of drug-likeness (QED) is 0.840. The highest BCUT2D eigenvalue weighted by molar-refractivity contribution is 8.00. The van der Waals surface area contributed by atoms with E-state index in [0.29, 0.717) is 23.6 Å². The monoisotopic (exact) mass is 259 g/mol. The molecule has 0 bridgehead atoms. The standard InChI is InChI=1S/C11H15F2N3S/c1-6-4-16(5-7(2)17-6)11-9(13)3-8(12)10(14)15-11/h3,6-7H,4-5H2,1-2H3,(H2,14,15). The van der Waals surface area contributed by atoms with E-state index in [1.54, 1.807) is 0 Å². The molecule has 0 aromatic carbocycles. The highest BCUT2D eigenvalue weighted by atomic mass is 32.2. The smallest absolute Gasteiger partial charge is 0.168 e. The molecule has 0 amide bonds. The lowest BCUT2D eigenvalue weighted by Crippen LogP contribution is -2.41. The molecule has 6 heteroatoms. The number of halogens is 2. The predicted molar refractivity (Wildman–Crippen MR) is 67.3 cm³/mol. The van der Waals surface area contributed by atoms with Gasteiger partial charge in [0.25, 0.3) is 0 Å². The van der Waals surface area contributed by atoms with Gasteiger partial charge in [-0.25, -0.2) is 13.8 Å². The Kier molecular flexibility index (Phi) is 3.42. The summed E-state index contributed by atoms with van der Waals surface area (Å²) in [6.07, 6.45) is 0. The van der Waals surface area contributed by atoms with Crippen LogP contribution < -0.4 is 10.6 Å². The van der Waals surface area contributed by atoms with E-state index in [9.17, 15) is 8.78 Å². The SMILES string of the molecule is CC1CN(c2nc(N)c(F)cc2F)CC(C)S1. The minimum atomic E-state index is -0.807. The first-order valence-electron chi connectivity index (χ1n) is 5.49. The molecule has 0 spiro atoms. The summed E-state index contributed by atoms with van der Waals surface area (Å²) in [6.45, 7) is 5.56. The van der Waals surface area contributed by atoms with E-state index in [0.717, 1.165) is 6.07 Å². The van der Waals surface area contributed by atoms with Crippen LogP contribution in [0.15, 0.2) is 6.07 Å². The summed E-state index contributed by atoms with van der Waals surface area (Å²) in [4.78, 5) is 5.64. The Bertz CT molecular complexity index is 417. The van der Waals surface area contributed by atoms with Crippen LogP contribution in [-0.2, 0) is 0 Å². The Morgan fingerprint density at radius 2 is 1.88 bits per heavy atom. The summed E-state index contributed by atoms with van der Waals surface area (Å²) in [6, 6.07) is 0.800. The minimum Gasteiger partial charge on any atom is -0.381 e. The number of rotatable bonds is 1. The second kappa shape index (κ2) is 4.68. The molecule has 1 aliphatic rings. The fraction of sp³-hybridized carbons (Fsp3) is 0.545. The first-order chi connectivity index (χ1) is 7.97. The molecule has 1 aliphatic heterocycles. The molecule has 2 unspecified atom stereocenters. The predicted octanol–water partition coefficient (Wildman–Crippen LogP) is 2.27. The summed E-state index contributed by atoms with van der Waals surface area (Å²) < 4.78 is 26.7. The molecule has 1 saturated heterocycles. The molecule has 2 N–H and O–H groups in total. The van der Waals surface area contributed by atoms with Crippen molar-refractivity contribution in [2.75, 3.05) is 23.7 Å². The number of nitrogens with zero attached hydrogens (tertiary/aromatic N) is 2. The third-order valence-electron chi connectivity index (χ3n) is 2.66. The Morgan fingerprint density at radius 3 is 2.47 bits per heavy atom. The van der Waals surface area contributed by atoms with Crippen LogP contribution in [-0.4, -0.2) is 28.6 Å². The van der Waals surface area contributed by atoms with Gasteiger partial charge < -0.3 is 10.6 Å². The zero-order valence-corrected chi connectivity index (χ0v) is 10.6. The van der Waals surface area contributed by atoms with Crippen molar-refractivity contribution in [3.63, 3.8) is 0 Å². The van der Waals surface area contributed by atoms with Crippen molar-refractivity contribution in [2.24, 2.45) is 0 Å². The van der Waals surface area contributed by atoms with Crippen molar-refractivity contribution in [3.8, 4) is 0 Å². The molecule has 1 aromatic heterocycles. The molecule has 3 nitrogen and oxygen atoms in total. The topological polar surface area (TPSA) is 42.2 Å². The molecule has 1 aromatic rings. The van der Waals surface area contributed by atoms with Gasteiger partial charge in [-0.1, -0.05) is 13.8 Å². The lowest BCUT2D eigenvalue weighted by Gasteiger charge is -2.35. The molecule has 0 aliphatic carbocycles. The number of thioether (sulfide) groups is 1. The maximum Gasteiger partial charge on any atom is 0.168 e. The third kappa shape index (κ3) is 2.62. The molecule has 17 heavy (non-hydrogen) atoms. The highest BCUT2D eigenvalue weighted by Crippen LogP contribution is 2.29. The maximum absolute atomic E-state index is 13.7. The van der Waals surface area contributed by atoms with E-state index < -0.39 is 11.6 Å². The van der Waals surface area contributed by atoms with Gasteiger partial charge in [-0.3, -0.25) is 0 Å². The van der Waals surface area contributed by atoms with Crippen molar-refractivity contribution >= 4 is 23.4 Å². The van der Waals surface area contributed by atoms with Crippen molar-refractivity contribution in [1.29, 1.82) is 0 Å². The van der Waals surface area contributed by atoms with Gasteiger partial charge >= 0.3 is 0 Å². The third-order valence-corrected chi connectivity index (χ3v) is 3.88. The van der Waals surface area contributed by atoms with E-state index >= 15 is 0 Å². The van der Waals surface area contributed by atoms with Crippen LogP contribution in [0.1, 0.15) is 13.8 Å². The van der Waals surface area contributed by atoms with Crippen LogP contribution in [0.4, 0.5) is 20.4 Å². The van der Waals surface area contributed by atoms with Crippen LogP contribution in [0, 0.1) is 11.6 Å². The molecule has 2 atom stereocenters. The van der Waals surface area contributed by atoms with Crippen LogP contribution >= 0.6 is 11.8 Å². The number of hydrogen-bond donors (Lipinski definition) is 1. The summed E-state index contributed by atoms with van der Waals surface area (Å²) in [5.41, 5.74) is 5.38. The minimum absolute atomic E-state index is 0.155. The van der Waals surface area contributed by atoms with Crippen molar-refractivity contribution in [1.82, 2.24) is 4.98 Å². The molecular weight excluding hydrogens is 244 g/mol. The van der Waals surface area contributed by atoms with Gasteiger partial charge in [-0.05, 0) is 0 Å². The first-order valence-corrected chi connectivity index (χ1v) is 6.43. The lowest BCUT2D eigenvalue weighted by atomic mass is 10.3. The Labute approximate surface area is 103 Å². The number of nitrogens with two attached hydrogens (primary N) is 1. The van der Waals surface area contributed by atoms with Crippen LogP contribution in [0.25, 0.3) is 0 Å². The van der Waals surface area contributed by atoms with Crippen molar-refractivity contribution in [3.05, 3.63) is 17.7 Å². The summed E-state index contributed by atoms with van der Waals surface area (Å²) in [7, 11) is 0. The average molecular weight is 259 g/mol. The van der Waals surface area contributed by atoms with E-state index in [2.05, 4.69) is 18.8 Å². The van der Waals surface area contributed by atoms with E-state index in [-0.39, 0.29) is 11.6 Å². The Balaban J connectivity index is 2.30. The maximum atomic E-state index is 13.7. The zero-order chi connectivity index (χ0) is 12.6. The fourth-order valence-corrected chi connectivity index (χ4v) is 3.37. The Hall–Kier alpha value is -1.04. The highest BCUT2D eigenvalue weighted by Gasteiger charge is 2.25. The molecule has 0 radical (unpaired) electrons. The van der Waals surface area contributed by atoms with Gasteiger partial charge in [0, 0.05) is 29.7 Å². The molecule has 2 heterocycles. The van der Waals surface area contributed by atoms with Crippen LogP contribution in [0.3, 0.4) is 0 Å². The van der Waals surface area contributed by atoms with E-state index in [4.69, 9.17) is 5.73 Å². The van der Waals surface area contributed by atoms with Crippen molar-refractivity contribution < 1.29 is 8.78 Å². The van der Waals surface area contributed by atoms with Gasteiger partial charge in [0.2, 0.25) is 0 Å². The lowest BCUT2D eigenvalue weighted by molar-refractivity contribution is 0.568. The number of hydrogen-bond acceptors (Lipinski definition) is 4. The summed E-state index contributed by atoms with van der Waals surface area (Å²) >= 11 is 1.86. The van der Waals surface area contributed by atoms with E-state index in [1.165, 1.54) is 0 Å². The van der Waals surface area contributed by atoms with Gasteiger partial charge in [-0.15, -0.1) is 0 Å². The van der Waals surface area contributed by atoms with Crippen molar-refractivity contribution in [2.45, 2.75) is 24.3 Å². The first kappa shape index (κ1) is 12.4. The van der Waals surface area contributed by atoms with Crippen LogP contribution in [0.2, 0.25) is 0 Å². The number of anilines is 2. The second-order valence-electron chi connectivity index (χ2n) is 4.32. The van der Waals surface area contributed by atoms with Gasteiger partial charge in [0.05, 0.1) is 0 Å². The van der Waals surface area contributed by atoms with E-state index in [1.807, 2.05) is 16.7 Å². The second-order valence-corrected chi connectivity index (χ2v) is 6.20. The van der Waals surface area contributed by atoms with Gasteiger partial charge in [0.1, 0.15) is 0 Å². The normalized spacial score (nSPS) is 25.1. The Morgan fingerprint density at radius 1 is 1.29 bits per heavy atom. The largest absolute Gasteiger partial charge is 0.381 e. The molecule has 0 saturated carbocycles. The number of aromatic nitrogens is 1. The molecule has 2 rings (SSSR count). The molecular formula is C11H15F2N3S. The molecule has 1 fully saturated rings. The van der Waals surface area contributed by atoms with Gasteiger partial charge in [-0.2, -0.15) is 11.8 Å². The summed E-state index contributed by atoms with van der Waals surface area (Å²) in [5, 5.41) is 0.789. The number of pyridine rings is 1. The number of nitrogen functional groups attached to an aromatic ring is 1. The molecule has 94 valence electrons.